The lowest BCUT2D eigenvalue weighted by Crippen LogP contribution is -2.05. The number of methoxy groups -OCH3 is 1. The standard InChI is InChI=1S/C14H13BrO3/c1-9-12(5-6-18-9)13(16)8-10-7-11(15)3-4-14(10)17-2/h3-7H,8H2,1-2H3. The van der Waals surface area contributed by atoms with Crippen molar-refractivity contribution >= 4 is 21.7 Å². The third-order valence-corrected chi connectivity index (χ3v) is 3.25. The van der Waals surface area contributed by atoms with E-state index < -0.39 is 0 Å². The molecule has 2 aromatic rings. The van der Waals surface area contributed by atoms with Crippen LogP contribution in [0.2, 0.25) is 0 Å². The molecule has 3 nitrogen and oxygen atoms in total. The van der Waals surface area contributed by atoms with Crippen LogP contribution >= 0.6 is 15.9 Å². The van der Waals surface area contributed by atoms with Crippen LogP contribution in [0.15, 0.2) is 39.4 Å². The first-order valence-electron chi connectivity index (χ1n) is 5.51. The van der Waals surface area contributed by atoms with Gasteiger partial charge in [0.05, 0.1) is 18.9 Å². The minimum absolute atomic E-state index is 0.0256. The molecule has 0 unspecified atom stereocenters. The highest BCUT2D eigenvalue weighted by Crippen LogP contribution is 2.25. The summed E-state index contributed by atoms with van der Waals surface area (Å²) in [6.07, 6.45) is 1.82. The summed E-state index contributed by atoms with van der Waals surface area (Å²) in [5.74, 6) is 1.39. The maximum Gasteiger partial charge on any atom is 0.170 e. The van der Waals surface area contributed by atoms with E-state index in [9.17, 15) is 4.79 Å². The number of aryl methyl sites for hydroxylation is 1. The van der Waals surface area contributed by atoms with Crippen molar-refractivity contribution in [1.82, 2.24) is 0 Å². The highest BCUT2D eigenvalue weighted by molar-refractivity contribution is 9.10. The van der Waals surface area contributed by atoms with Crippen LogP contribution in [0.1, 0.15) is 21.7 Å². The van der Waals surface area contributed by atoms with E-state index in [2.05, 4.69) is 15.9 Å². The van der Waals surface area contributed by atoms with Crippen molar-refractivity contribution < 1.29 is 13.9 Å². The van der Waals surface area contributed by atoms with Crippen LogP contribution in [-0.2, 0) is 6.42 Å². The van der Waals surface area contributed by atoms with Gasteiger partial charge in [0.25, 0.3) is 0 Å². The fourth-order valence-corrected chi connectivity index (χ4v) is 2.24. The summed E-state index contributed by atoms with van der Waals surface area (Å²) in [5.41, 5.74) is 1.48. The molecule has 1 aromatic heterocycles. The number of carbonyl (C=O) groups is 1. The van der Waals surface area contributed by atoms with Crippen LogP contribution < -0.4 is 4.74 Å². The first-order valence-corrected chi connectivity index (χ1v) is 6.31. The summed E-state index contributed by atoms with van der Waals surface area (Å²) in [6.45, 7) is 1.78. The van der Waals surface area contributed by atoms with Crippen LogP contribution in [-0.4, -0.2) is 12.9 Å². The van der Waals surface area contributed by atoms with Crippen molar-refractivity contribution in [2.24, 2.45) is 0 Å². The van der Waals surface area contributed by atoms with E-state index in [4.69, 9.17) is 9.15 Å². The fraction of sp³-hybridized carbons (Fsp3) is 0.214. The first-order chi connectivity index (χ1) is 8.61. The summed E-state index contributed by atoms with van der Waals surface area (Å²) >= 11 is 3.39. The Morgan fingerprint density at radius 3 is 2.78 bits per heavy atom. The SMILES string of the molecule is COc1ccc(Br)cc1CC(=O)c1ccoc1C. The average molecular weight is 309 g/mol. The van der Waals surface area contributed by atoms with Crippen LogP contribution in [0.5, 0.6) is 5.75 Å². The highest BCUT2D eigenvalue weighted by Gasteiger charge is 2.14. The summed E-state index contributed by atoms with van der Waals surface area (Å²) < 4.78 is 11.3. The third-order valence-electron chi connectivity index (χ3n) is 2.75. The van der Waals surface area contributed by atoms with Crippen molar-refractivity contribution in [2.75, 3.05) is 7.11 Å². The van der Waals surface area contributed by atoms with E-state index in [1.54, 1.807) is 20.1 Å². The molecule has 4 heteroatoms. The predicted molar refractivity (Wildman–Crippen MR) is 72.2 cm³/mol. The maximum atomic E-state index is 12.1. The van der Waals surface area contributed by atoms with Crippen molar-refractivity contribution in [3.8, 4) is 5.75 Å². The predicted octanol–water partition coefficient (Wildman–Crippen LogP) is 3.78. The molecule has 0 N–H and O–H groups in total. The number of ether oxygens (including phenoxy) is 1. The minimum atomic E-state index is 0.0256. The zero-order chi connectivity index (χ0) is 13.1. The lowest BCUT2D eigenvalue weighted by atomic mass is 10.0. The van der Waals surface area contributed by atoms with Crippen molar-refractivity contribution in [2.45, 2.75) is 13.3 Å². The number of hydrogen-bond acceptors (Lipinski definition) is 3. The number of hydrogen-bond donors (Lipinski definition) is 0. The van der Waals surface area contributed by atoms with E-state index in [0.29, 0.717) is 23.5 Å². The molecule has 0 amide bonds. The molecule has 0 saturated heterocycles. The topological polar surface area (TPSA) is 39.4 Å². The molecule has 94 valence electrons. The number of benzene rings is 1. The van der Waals surface area contributed by atoms with Gasteiger partial charge in [0.1, 0.15) is 11.5 Å². The van der Waals surface area contributed by atoms with E-state index in [1.165, 1.54) is 6.26 Å². The second-order valence-corrected chi connectivity index (χ2v) is 4.86. The normalized spacial score (nSPS) is 10.4. The number of furan rings is 1. The zero-order valence-electron chi connectivity index (χ0n) is 10.2. The Bertz CT molecular complexity index is 572. The summed E-state index contributed by atoms with van der Waals surface area (Å²) in [7, 11) is 1.60. The molecule has 18 heavy (non-hydrogen) atoms. The molecule has 1 heterocycles. The van der Waals surface area contributed by atoms with Gasteiger partial charge in [-0.2, -0.15) is 0 Å². The van der Waals surface area contributed by atoms with Crippen LogP contribution in [0, 0.1) is 6.92 Å². The number of ketones is 1. The monoisotopic (exact) mass is 308 g/mol. The van der Waals surface area contributed by atoms with Gasteiger partial charge in [0.2, 0.25) is 0 Å². The number of carbonyl (C=O) groups excluding carboxylic acids is 1. The van der Waals surface area contributed by atoms with Crippen molar-refractivity contribution in [3.05, 3.63) is 51.9 Å². The Morgan fingerprint density at radius 1 is 1.39 bits per heavy atom. The van der Waals surface area contributed by atoms with Crippen LogP contribution in [0.25, 0.3) is 0 Å². The highest BCUT2D eigenvalue weighted by atomic mass is 79.9. The lowest BCUT2D eigenvalue weighted by Gasteiger charge is -2.08. The maximum absolute atomic E-state index is 12.1. The molecule has 0 radical (unpaired) electrons. The number of rotatable bonds is 4. The van der Waals surface area contributed by atoms with E-state index in [1.807, 2.05) is 18.2 Å². The van der Waals surface area contributed by atoms with Crippen molar-refractivity contribution in [3.63, 3.8) is 0 Å². The Labute approximate surface area is 114 Å². The molecule has 0 aliphatic carbocycles. The molecule has 0 bridgehead atoms. The average Bonchev–Trinajstić information content (AvgIpc) is 2.76. The molecule has 2 rings (SSSR count). The summed E-state index contributed by atoms with van der Waals surface area (Å²) in [6, 6.07) is 7.32. The van der Waals surface area contributed by atoms with E-state index in [0.717, 1.165) is 10.0 Å². The van der Waals surface area contributed by atoms with Gasteiger partial charge in [0.15, 0.2) is 5.78 Å². The molecular formula is C14H13BrO3. The van der Waals surface area contributed by atoms with Gasteiger partial charge in [-0.3, -0.25) is 4.79 Å². The molecule has 0 fully saturated rings. The van der Waals surface area contributed by atoms with Crippen LogP contribution in [0.3, 0.4) is 0 Å². The number of Topliss-reactive ketones (excluding diaryl/α,β-unsaturated/α-hetero) is 1. The van der Waals surface area contributed by atoms with Gasteiger partial charge in [-0.25, -0.2) is 0 Å². The molecule has 0 spiro atoms. The number of halogens is 1. The van der Waals surface area contributed by atoms with Gasteiger partial charge in [-0.15, -0.1) is 0 Å². The van der Waals surface area contributed by atoms with Crippen molar-refractivity contribution in [1.29, 1.82) is 0 Å². The molecule has 0 saturated carbocycles. The largest absolute Gasteiger partial charge is 0.496 e. The molecule has 0 aliphatic rings. The fourth-order valence-electron chi connectivity index (χ4n) is 1.83. The minimum Gasteiger partial charge on any atom is -0.496 e. The van der Waals surface area contributed by atoms with Gasteiger partial charge < -0.3 is 9.15 Å². The van der Waals surface area contributed by atoms with E-state index >= 15 is 0 Å². The summed E-state index contributed by atoms with van der Waals surface area (Å²) in [4.78, 5) is 12.1. The van der Waals surface area contributed by atoms with Gasteiger partial charge in [0, 0.05) is 16.5 Å². The smallest absolute Gasteiger partial charge is 0.170 e. The molecule has 1 aromatic carbocycles. The van der Waals surface area contributed by atoms with Gasteiger partial charge in [-0.05, 0) is 31.2 Å². The van der Waals surface area contributed by atoms with E-state index in [-0.39, 0.29) is 5.78 Å². The second kappa shape index (κ2) is 5.40. The molecule has 0 aliphatic heterocycles. The third kappa shape index (κ3) is 2.64. The van der Waals surface area contributed by atoms with Gasteiger partial charge >= 0.3 is 0 Å². The zero-order valence-corrected chi connectivity index (χ0v) is 11.8. The quantitative estimate of drug-likeness (QED) is 0.807. The van der Waals surface area contributed by atoms with Crippen LogP contribution in [0.4, 0.5) is 0 Å². The Morgan fingerprint density at radius 2 is 2.17 bits per heavy atom. The Balaban J connectivity index is 2.27. The molecular weight excluding hydrogens is 296 g/mol. The molecule has 0 atom stereocenters. The van der Waals surface area contributed by atoms with Gasteiger partial charge in [-0.1, -0.05) is 15.9 Å². The lowest BCUT2D eigenvalue weighted by molar-refractivity contribution is 0.0990. The summed E-state index contributed by atoms with van der Waals surface area (Å²) in [5, 5.41) is 0. The second-order valence-electron chi connectivity index (χ2n) is 3.95. The first kappa shape index (κ1) is 12.9. The Kier molecular flexibility index (Phi) is 3.87. The Hall–Kier alpha value is -1.55.